The molecule has 4 heteroatoms. The van der Waals surface area contributed by atoms with Gasteiger partial charge in [0.25, 0.3) is 0 Å². The summed E-state index contributed by atoms with van der Waals surface area (Å²) in [6.45, 7) is 2.60. The molecule has 72 valence electrons. The molecular weight excluding hydrogens is 319 g/mol. The van der Waals surface area contributed by atoms with Gasteiger partial charge in [0.15, 0.2) is 0 Å². The Kier molecular flexibility index (Phi) is 4.56. The van der Waals surface area contributed by atoms with Gasteiger partial charge in [-0.3, -0.25) is 0 Å². The minimum Gasteiger partial charge on any atom is -0.492 e. The first-order valence-corrected chi connectivity index (χ1v) is 5.97. The summed E-state index contributed by atoms with van der Waals surface area (Å²) in [5.41, 5.74) is 1.06. The summed E-state index contributed by atoms with van der Waals surface area (Å²) in [6, 6.07) is 3.92. The summed E-state index contributed by atoms with van der Waals surface area (Å²) < 4.78 is 7.29. The highest BCUT2D eigenvalue weighted by atomic mass is 79.9. The van der Waals surface area contributed by atoms with Crippen LogP contribution in [0.3, 0.4) is 0 Å². The van der Waals surface area contributed by atoms with Gasteiger partial charge in [0.1, 0.15) is 5.75 Å². The minimum atomic E-state index is 0.504. The predicted molar refractivity (Wildman–Crippen MR) is 62.6 cm³/mol. The summed E-state index contributed by atoms with van der Waals surface area (Å²) in [5.74, 6) is 1.33. The molecule has 0 amide bonds. The van der Waals surface area contributed by atoms with E-state index in [-0.39, 0.29) is 0 Å². The summed E-state index contributed by atoms with van der Waals surface area (Å²) in [4.78, 5) is 0. The van der Waals surface area contributed by atoms with Gasteiger partial charge in [-0.25, -0.2) is 0 Å². The molecule has 1 nitrogen and oxygen atoms in total. The van der Waals surface area contributed by atoms with Crippen LogP contribution in [0.1, 0.15) is 12.5 Å². The molecule has 0 aromatic heterocycles. The maximum Gasteiger partial charge on any atom is 0.147 e. The van der Waals surface area contributed by atoms with Crippen molar-refractivity contribution in [3.8, 4) is 5.75 Å². The van der Waals surface area contributed by atoms with E-state index in [2.05, 4.69) is 31.9 Å². The predicted octanol–water partition coefficient (Wildman–Crippen LogP) is 4.35. The van der Waals surface area contributed by atoms with Gasteiger partial charge in [-0.05, 0) is 56.5 Å². The average molecular weight is 328 g/mol. The van der Waals surface area contributed by atoms with Crippen LogP contribution in [-0.2, 0) is 5.88 Å². The monoisotopic (exact) mass is 326 g/mol. The second-order valence-electron chi connectivity index (χ2n) is 2.46. The number of hydrogen-bond donors (Lipinski definition) is 0. The van der Waals surface area contributed by atoms with Crippen molar-refractivity contribution in [2.75, 3.05) is 6.61 Å². The van der Waals surface area contributed by atoms with E-state index in [0.29, 0.717) is 12.5 Å². The van der Waals surface area contributed by atoms with Crippen molar-refractivity contribution in [3.63, 3.8) is 0 Å². The SMILES string of the molecule is CCOc1c(Br)cc(CCl)cc1Br. The molecule has 1 aromatic rings. The second-order valence-corrected chi connectivity index (χ2v) is 4.43. The quantitative estimate of drug-likeness (QED) is 0.750. The molecule has 0 saturated heterocycles. The maximum absolute atomic E-state index is 5.72. The summed E-state index contributed by atoms with van der Waals surface area (Å²) in [6.07, 6.45) is 0. The Morgan fingerprint density at radius 1 is 1.31 bits per heavy atom. The molecule has 0 fully saturated rings. The van der Waals surface area contributed by atoms with Crippen molar-refractivity contribution < 1.29 is 4.74 Å². The zero-order valence-electron chi connectivity index (χ0n) is 7.11. The van der Waals surface area contributed by atoms with E-state index in [1.54, 1.807) is 0 Å². The van der Waals surface area contributed by atoms with Gasteiger partial charge in [0.2, 0.25) is 0 Å². The summed E-state index contributed by atoms with van der Waals surface area (Å²) in [7, 11) is 0. The molecule has 0 aliphatic rings. The highest BCUT2D eigenvalue weighted by Gasteiger charge is 2.07. The number of alkyl halides is 1. The average Bonchev–Trinajstić information content (AvgIpc) is 2.11. The Bertz CT molecular complexity index is 279. The zero-order chi connectivity index (χ0) is 9.84. The van der Waals surface area contributed by atoms with Crippen molar-refractivity contribution in [2.45, 2.75) is 12.8 Å². The van der Waals surface area contributed by atoms with Gasteiger partial charge in [-0.1, -0.05) is 0 Å². The fourth-order valence-corrected chi connectivity index (χ4v) is 2.64. The lowest BCUT2D eigenvalue weighted by atomic mass is 10.2. The normalized spacial score (nSPS) is 10.2. The van der Waals surface area contributed by atoms with Crippen molar-refractivity contribution in [2.24, 2.45) is 0 Å². The summed E-state index contributed by atoms with van der Waals surface area (Å²) >= 11 is 12.6. The van der Waals surface area contributed by atoms with E-state index in [9.17, 15) is 0 Å². The highest BCUT2D eigenvalue weighted by Crippen LogP contribution is 2.35. The third-order valence-electron chi connectivity index (χ3n) is 1.50. The lowest BCUT2D eigenvalue weighted by Crippen LogP contribution is -1.94. The minimum absolute atomic E-state index is 0.504. The molecule has 0 N–H and O–H groups in total. The van der Waals surface area contributed by atoms with E-state index in [0.717, 1.165) is 20.3 Å². The molecule has 0 bridgehead atoms. The topological polar surface area (TPSA) is 9.23 Å². The third-order valence-corrected chi connectivity index (χ3v) is 2.99. The van der Waals surface area contributed by atoms with Crippen LogP contribution in [-0.4, -0.2) is 6.61 Å². The molecule has 0 heterocycles. The molecule has 0 saturated carbocycles. The van der Waals surface area contributed by atoms with Crippen molar-refractivity contribution in [1.82, 2.24) is 0 Å². The third kappa shape index (κ3) is 2.86. The van der Waals surface area contributed by atoms with Gasteiger partial charge in [0, 0.05) is 5.88 Å². The van der Waals surface area contributed by atoms with Gasteiger partial charge < -0.3 is 4.74 Å². The molecule has 0 aliphatic carbocycles. The van der Waals surface area contributed by atoms with E-state index in [1.807, 2.05) is 19.1 Å². The number of hydrogen-bond acceptors (Lipinski definition) is 1. The Morgan fingerprint density at radius 2 is 1.85 bits per heavy atom. The Hall–Kier alpha value is 0.270. The Balaban J connectivity index is 3.07. The Morgan fingerprint density at radius 3 is 2.23 bits per heavy atom. The number of halogens is 3. The highest BCUT2D eigenvalue weighted by molar-refractivity contribution is 9.11. The first-order valence-electron chi connectivity index (χ1n) is 3.85. The van der Waals surface area contributed by atoms with Crippen LogP contribution < -0.4 is 4.74 Å². The molecule has 0 atom stereocenters. The fourth-order valence-electron chi connectivity index (χ4n) is 0.972. The molecular formula is C9H9Br2ClO. The second kappa shape index (κ2) is 5.23. The van der Waals surface area contributed by atoms with Crippen LogP contribution in [0.25, 0.3) is 0 Å². The first kappa shape index (κ1) is 11.3. The maximum atomic E-state index is 5.72. The van der Waals surface area contributed by atoms with E-state index >= 15 is 0 Å². The van der Waals surface area contributed by atoms with Crippen molar-refractivity contribution in [3.05, 3.63) is 26.6 Å². The molecule has 0 aliphatic heterocycles. The van der Waals surface area contributed by atoms with Gasteiger partial charge in [-0.15, -0.1) is 11.6 Å². The first-order chi connectivity index (χ1) is 6.19. The van der Waals surface area contributed by atoms with Crippen LogP contribution in [0, 0.1) is 0 Å². The van der Waals surface area contributed by atoms with Gasteiger partial charge in [-0.2, -0.15) is 0 Å². The summed E-state index contributed by atoms with van der Waals surface area (Å²) in [5, 5.41) is 0. The van der Waals surface area contributed by atoms with Gasteiger partial charge >= 0.3 is 0 Å². The molecule has 0 radical (unpaired) electrons. The molecule has 13 heavy (non-hydrogen) atoms. The van der Waals surface area contributed by atoms with Crippen LogP contribution in [0.4, 0.5) is 0 Å². The van der Waals surface area contributed by atoms with E-state index < -0.39 is 0 Å². The molecule has 1 rings (SSSR count). The number of benzene rings is 1. The zero-order valence-corrected chi connectivity index (χ0v) is 11.0. The standard InChI is InChI=1S/C9H9Br2ClO/c1-2-13-9-7(10)3-6(5-12)4-8(9)11/h3-4H,2,5H2,1H3. The smallest absolute Gasteiger partial charge is 0.147 e. The van der Waals surface area contributed by atoms with E-state index in [4.69, 9.17) is 16.3 Å². The van der Waals surface area contributed by atoms with Crippen LogP contribution in [0.5, 0.6) is 5.75 Å². The van der Waals surface area contributed by atoms with Gasteiger partial charge in [0.05, 0.1) is 15.6 Å². The molecule has 0 spiro atoms. The van der Waals surface area contributed by atoms with Crippen LogP contribution >= 0.6 is 43.5 Å². The Labute approximate surface area is 99.7 Å². The lowest BCUT2D eigenvalue weighted by Gasteiger charge is -2.09. The fraction of sp³-hybridized carbons (Fsp3) is 0.333. The van der Waals surface area contributed by atoms with Crippen molar-refractivity contribution >= 4 is 43.5 Å². The number of ether oxygens (including phenoxy) is 1. The van der Waals surface area contributed by atoms with Crippen LogP contribution in [0.2, 0.25) is 0 Å². The van der Waals surface area contributed by atoms with Crippen LogP contribution in [0.15, 0.2) is 21.1 Å². The lowest BCUT2D eigenvalue weighted by molar-refractivity contribution is 0.336. The van der Waals surface area contributed by atoms with E-state index in [1.165, 1.54) is 0 Å². The molecule has 1 aromatic carbocycles. The molecule has 0 unspecified atom stereocenters. The largest absolute Gasteiger partial charge is 0.492 e. The van der Waals surface area contributed by atoms with Crippen molar-refractivity contribution in [1.29, 1.82) is 0 Å². The number of rotatable bonds is 3.